The molecule has 15 heavy (non-hydrogen) atoms. The first kappa shape index (κ1) is 14.8. The van der Waals surface area contributed by atoms with Gasteiger partial charge in [-0.05, 0) is 13.8 Å². The molecule has 0 amide bonds. The zero-order chi connectivity index (χ0) is 11.9. The molecule has 1 N–H and O–H groups in total. The molecule has 0 atom stereocenters. The molecule has 0 heterocycles. The van der Waals surface area contributed by atoms with Crippen LogP contribution in [0.2, 0.25) is 0 Å². The topological polar surface area (TPSA) is 50.9 Å². The molecular weight excluding hydrogens is 237 g/mol. The lowest BCUT2D eigenvalue weighted by molar-refractivity contribution is -0.759. The van der Waals surface area contributed by atoms with Crippen molar-refractivity contribution in [3.05, 3.63) is 0 Å². The van der Waals surface area contributed by atoms with Crippen LogP contribution in [-0.4, -0.2) is 36.1 Å². The first-order valence-corrected chi connectivity index (χ1v) is 7.41. The molecule has 0 aliphatic rings. The summed E-state index contributed by atoms with van der Waals surface area (Å²) in [5.74, 6) is 0.347. The number of hydrogen-bond donors (Lipinski definition) is 1. The monoisotopic (exact) mass is 256 g/mol. The molecule has 7 heteroatoms. The number of nitrogens with zero attached hydrogens (tertiary/aromatic N) is 1. The average molecular weight is 256 g/mol. The molecular formula is C8H19NO4PS+. The summed E-state index contributed by atoms with van der Waals surface area (Å²) in [5.41, 5.74) is 0. The van der Waals surface area contributed by atoms with E-state index in [1.54, 1.807) is 0 Å². The Morgan fingerprint density at radius 3 is 2.00 bits per heavy atom. The molecule has 0 saturated heterocycles. The third kappa shape index (κ3) is 5.47. The van der Waals surface area contributed by atoms with Crippen molar-refractivity contribution in [1.82, 2.24) is 0 Å². The molecule has 0 aliphatic carbocycles. The van der Waals surface area contributed by atoms with Gasteiger partial charge in [0.15, 0.2) is 7.05 Å². The van der Waals surface area contributed by atoms with Gasteiger partial charge in [-0.3, -0.25) is 14.3 Å². The number of hydrogen-bond acceptors (Lipinski definition) is 5. The molecule has 90 valence electrons. The van der Waals surface area contributed by atoms with Crippen molar-refractivity contribution in [3.63, 3.8) is 0 Å². The highest BCUT2D eigenvalue weighted by Crippen LogP contribution is 2.50. The second kappa shape index (κ2) is 7.17. The van der Waals surface area contributed by atoms with Gasteiger partial charge in [-0.2, -0.15) is 0 Å². The van der Waals surface area contributed by atoms with Crippen LogP contribution in [0.3, 0.4) is 0 Å². The predicted molar refractivity (Wildman–Crippen MR) is 61.9 cm³/mol. The van der Waals surface area contributed by atoms with Gasteiger partial charge in [-0.15, -0.1) is 0 Å². The van der Waals surface area contributed by atoms with Crippen molar-refractivity contribution in [3.8, 4) is 0 Å². The van der Waals surface area contributed by atoms with Gasteiger partial charge >= 0.3 is 12.6 Å². The molecule has 0 unspecified atom stereocenters. The Balaban J connectivity index is 4.67. The summed E-state index contributed by atoms with van der Waals surface area (Å²) >= 11 is 5.15. The van der Waals surface area contributed by atoms with Crippen molar-refractivity contribution in [2.24, 2.45) is 0 Å². The summed E-state index contributed by atoms with van der Waals surface area (Å²) in [6.45, 7) is 3.57. The quantitative estimate of drug-likeness (QED) is 0.197. The van der Waals surface area contributed by atoms with Gasteiger partial charge < -0.3 is 4.52 Å². The van der Waals surface area contributed by atoms with E-state index in [0.717, 1.165) is 4.74 Å². The molecule has 0 aromatic heterocycles. The van der Waals surface area contributed by atoms with Gasteiger partial charge in [-0.25, -0.2) is 0 Å². The Bertz CT molecular complexity index is 255. The van der Waals surface area contributed by atoms with Crippen LogP contribution >= 0.6 is 6.72 Å². The SMILES string of the molecule is CCOP(=S)(OCC)OC(CC)=[N+](C)O. The number of rotatable bonds is 6. The van der Waals surface area contributed by atoms with Crippen LogP contribution in [0, 0.1) is 0 Å². The summed E-state index contributed by atoms with van der Waals surface area (Å²) in [7, 11) is 1.47. The van der Waals surface area contributed by atoms with Crippen LogP contribution < -0.4 is 0 Å². The third-order valence-electron chi connectivity index (χ3n) is 1.45. The lowest BCUT2D eigenvalue weighted by Gasteiger charge is -2.19. The molecule has 0 saturated carbocycles. The second-order valence-corrected chi connectivity index (χ2v) is 5.58. The van der Waals surface area contributed by atoms with E-state index in [2.05, 4.69) is 0 Å². The highest BCUT2D eigenvalue weighted by molar-refractivity contribution is 8.07. The van der Waals surface area contributed by atoms with Gasteiger partial charge in [0.2, 0.25) is 0 Å². The molecule has 0 rings (SSSR count). The van der Waals surface area contributed by atoms with E-state index in [-0.39, 0.29) is 0 Å². The molecule has 0 bridgehead atoms. The molecule has 5 nitrogen and oxygen atoms in total. The van der Waals surface area contributed by atoms with E-state index in [0.29, 0.717) is 25.5 Å². The van der Waals surface area contributed by atoms with Gasteiger partial charge in [-0.1, -0.05) is 6.92 Å². The van der Waals surface area contributed by atoms with Crippen molar-refractivity contribution >= 4 is 24.4 Å². The second-order valence-electron chi connectivity index (χ2n) is 2.64. The zero-order valence-electron chi connectivity index (χ0n) is 9.60. The van der Waals surface area contributed by atoms with Crippen molar-refractivity contribution in [2.45, 2.75) is 27.2 Å². The van der Waals surface area contributed by atoms with Gasteiger partial charge in [0.05, 0.1) is 19.6 Å². The highest BCUT2D eigenvalue weighted by Gasteiger charge is 2.26. The summed E-state index contributed by atoms with van der Waals surface area (Å²) in [6.07, 6.45) is 0.519. The van der Waals surface area contributed by atoms with Gasteiger partial charge in [0.1, 0.15) is 0 Å². The standard InChI is InChI=1S/C8H19NO4PS/c1-5-8(9(4)10)13-14(15,11-6-2)12-7-3/h10H,5-7H2,1-4H3/q+1. The Morgan fingerprint density at radius 1 is 1.27 bits per heavy atom. The minimum absolute atomic E-state index is 0.347. The Hall–Kier alpha value is -0.160. The first-order chi connectivity index (χ1) is 6.99. The van der Waals surface area contributed by atoms with Crippen LogP contribution in [0.4, 0.5) is 0 Å². The maximum atomic E-state index is 9.24. The van der Waals surface area contributed by atoms with E-state index in [1.807, 2.05) is 20.8 Å². The minimum Gasteiger partial charge on any atom is -0.370 e. The van der Waals surface area contributed by atoms with E-state index < -0.39 is 6.72 Å². The van der Waals surface area contributed by atoms with Crippen LogP contribution in [0.25, 0.3) is 0 Å². The van der Waals surface area contributed by atoms with E-state index in [1.165, 1.54) is 7.05 Å². The van der Waals surface area contributed by atoms with Gasteiger partial charge in [0, 0.05) is 16.5 Å². The minimum atomic E-state index is -2.75. The summed E-state index contributed by atoms with van der Waals surface area (Å²) in [6, 6.07) is 0. The maximum absolute atomic E-state index is 9.24. The molecule has 0 aromatic rings. The van der Waals surface area contributed by atoms with Crippen molar-refractivity contribution in [1.29, 1.82) is 0 Å². The molecule has 0 aromatic carbocycles. The van der Waals surface area contributed by atoms with Crippen LogP contribution in [0.1, 0.15) is 27.2 Å². The Labute approximate surface area is 95.9 Å². The Kier molecular flexibility index (Phi) is 7.09. The number of hydroxylamine groups is 1. The molecule has 0 radical (unpaired) electrons. The van der Waals surface area contributed by atoms with Crippen LogP contribution in [-0.2, 0) is 25.4 Å². The highest BCUT2D eigenvalue weighted by atomic mass is 32.5. The smallest absolute Gasteiger partial charge is 0.370 e. The molecule has 0 aliphatic heterocycles. The fourth-order valence-electron chi connectivity index (χ4n) is 0.888. The third-order valence-corrected chi connectivity index (χ3v) is 3.89. The van der Waals surface area contributed by atoms with Crippen LogP contribution in [0.15, 0.2) is 0 Å². The zero-order valence-corrected chi connectivity index (χ0v) is 11.3. The van der Waals surface area contributed by atoms with E-state index in [9.17, 15) is 5.21 Å². The van der Waals surface area contributed by atoms with Crippen molar-refractivity contribution < 1.29 is 23.5 Å². The largest absolute Gasteiger partial charge is 0.390 e. The van der Waals surface area contributed by atoms with E-state index in [4.69, 9.17) is 25.4 Å². The van der Waals surface area contributed by atoms with Gasteiger partial charge in [0.25, 0.3) is 0 Å². The fraction of sp³-hybridized carbons (Fsp3) is 0.875. The fourth-order valence-corrected chi connectivity index (χ4v) is 3.10. The normalized spacial score (nSPS) is 13.6. The molecule has 0 fully saturated rings. The summed E-state index contributed by atoms with van der Waals surface area (Å²) in [5, 5.41) is 9.24. The maximum Gasteiger partial charge on any atom is 0.390 e. The summed E-state index contributed by atoms with van der Waals surface area (Å²) < 4.78 is 16.8. The predicted octanol–water partition coefficient (Wildman–Crippen LogP) is 2.14. The first-order valence-electron chi connectivity index (χ1n) is 4.86. The van der Waals surface area contributed by atoms with Crippen LogP contribution in [0.5, 0.6) is 0 Å². The van der Waals surface area contributed by atoms with E-state index >= 15 is 0 Å². The molecule has 0 spiro atoms. The average Bonchev–Trinajstić information content (AvgIpc) is 2.14. The Morgan fingerprint density at radius 2 is 1.73 bits per heavy atom. The lowest BCUT2D eigenvalue weighted by Crippen LogP contribution is -2.17. The van der Waals surface area contributed by atoms with Crippen molar-refractivity contribution in [2.75, 3.05) is 20.3 Å². The lowest BCUT2D eigenvalue weighted by atomic mass is 10.5. The summed E-state index contributed by atoms with van der Waals surface area (Å²) in [4.78, 5) is 0.